The monoisotopic (exact) mass is 434 g/mol. The summed E-state index contributed by atoms with van der Waals surface area (Å²) in [5.74, 6) is 0.0849. The number of likely N-dealkylation sites (N-methyl/N-ethyl adjacent to an activating group) is 2. The van der Waals surface area contributed by atoms with Crippen molar-refractivity contribution in [2.45, 2.75) is 32.6 Å². The third-order valence-corrected chi connectivity index (χ3v) is 4.29. The van der Waals surface area contributed by atoms with Crippen LogP contribution in [0.5, 0.6) is 5.75 Å². The molecule has 0 aliphatic carbocycles. The standard InChI is InChI=1S/C19H25F3N4O2.ClH/c1-12-6-14(7-13(2)17(12)28-11-19(20,21)22)9-25(4)18(27)16(23-3)15-8-24-26(5)10-15;/h6-8,10,16,23H,9,11H2,1-5H3;1H. The second-order valence-electron chi connectivity index (χ2n) is 6.83. The summed E-state index contributed by atoms with van der Waals surface area (Å²) in [7, 11) is 5.16. The number of nitrogens with zero attached hydrogens (tertiary/aromatic N) is 3. The maximum Gasteiger partial charge on any atom is 0.422 e. The van der Waals surface area contributed by atoms with Crippen molar-refractivity contribution >= 4 is 18.3 Å². The van der Waals surface area contributed by atoms with Crippen LogP contribution in [-0.4, -0.2) is 47.5 Å². The quantitative estimate of drug-likeness (QED) is 0.726. The van der Waals surface area contributed by atoms with Crippen LogP contribution >= 0.6 is 12.4 Å². The van der Waals surface area contributed by atoms with Crippen LogP contribution in [0.15, 0.2) is 24.5 Å². The first kappa shape index (κ1) is 24.8. The Morgan fingerprint density at radius 2 is 1.90 bits per heavy atom. The van der Waals surface area contributed by atoms with Crippen LogP contribution in [0.2, 0.25) is 0 Å². The second-order valence-corrected chi connectivity index (χ2v) is 6.83. The van der Waals surface area contributed by atoms with E-state index in [4.69, 9.17) is 4.74 Å². The van der Waals surface area contributed by atoms with Gasteiger partial charge in [0.05, 0.1) is 6.20 Å². The number of amides is 1. The second kappa shape index (κ2) is 9.98. The smallest absolute Gasteiger partial charge is 0.422 e. The Kier molecular flexibility index (Phi) is 8.52. The van der Waals surface area contributed by atoms with E-state index in [0.29, 0.717) is 17.7 Å². The average molecular weight is 435 g/mol. The molecule has 2 rings (SSSR count). The van der Waals surface area contributed by atoms with E-state index in [2.05, 4.69) is 10.4 Å². The highest BCUT2D eigenvalue weighted by atomic mass is 35.5. The van der Waals surface area contributed by atoms with Gasteiger partial charge in [0, 0.05) is 32.4 Å². The van der Waals surface area contributed by atoms with Crippen molar-refractivity contribution in [3.63, 3.8) is 0 Å². The minimum absolute atomic E-state index is 0. The summed E-state index contributed by atoms with van der Waals surface area (Å²) in [6.45, 7) is 2.37. The molecule has 0 fully saturated rings. The number of nitrogens with one attached hydrogen (secondary N) is 1. The Hall–Kier alpha value is -2.26. The molecule has 29 heavy (non-hydrogen) atoms. The molecule has 162 valence electrons. The van der Waals surface area contributed by atoms with Crippen LogP contribution in [0.25, 0.3) is 0 Å². The third kappa shape index (κ3) is 6.64. The van der Waals surface area contributed by atoms with Crippen molar-refractivity contribution in [1.29, 1.82) is 0 Å². The van der Waals surface area contributed by atoms with Crippen molar-refractivity contribution in [3.8, 4) is 5.75 Å². The number of carbonyl (C=O) groups is 1. The number of benzene rings is 1. The highest BCUT2D eigenvalue weighted by Crippen LogP contribution is 2.28. The van der Waals surface area contributed by atoms with Gasteiger partial charge in [-0.05, 0) is 37.6 Å². The van der Waals surface area contributed by atoms with Gasteiger partial charge in [-0.2, -0.15) is 18.3 Å². The van der Waals surface area contributed by atoms with Gasteiger partial charge in [-0.25, -0.2) is 0 Å². The number of aryl methyl sites for hydroxylation is 3. The molecule has 1 unspecified atom stereocenters. The van der Waals surface area contributed by atoms with Crippen molar-refractivity contribution < 1.29 is 22.7 Å². The minimum Gasteiger partial charge on any atom is -0.484 e. The van der Waals surface area contributed by atoms with Crippen LogP contribution in [0.3, 0.4) is 0 Å². The van der Waals surface area contributed by atoms with E-state index in [0.717, 1.165) is 11.1 Å². The van der Waals surface area contributed by atoms with E-state index >= 15 is 0 Å². The van der Waals surface area contributed by atoms with Gasteiger partial charge in [0.25, 0.3) is 0 Å². The molecule has 0 aliphatic heterocycles. The predicted octanol–water partition coefficient (Wildman–Crippen LogP) is 3.32. The van der Waals surface area contributed by atoms with Crippen LogP contribution in [-0.2, 0) is 18.4 Å². The number of hydrogen-bond acceptors (Lipinski definition) is 4. The fourth-order valence-electron chi connectivity index (χ4n) is 3.11. The molecule has 0 aliphatic rings. The molecule has 1 aromatic heterocycles. The van der Waals surface area contributed by atoms with Gasteiger partial charge in [0.2, 0.25) is 5.91 Å². The molecule has 6 nitrogen and oxygen atoms in total. The lowest BCUT2D eigenvalue weighted by molar-refractivity contribution is -0.153. The molecule has 1 N–H and O–H groups in total. The summed E-state index contributed by atoms with van der Waals surface area (Å²) in [6.07, 6.45) is -0.985. The molecule has 0 bridgehead atoms. The lowest BCUT2D eigenvalue weighted by Gasteiger charge is -2.24. The van der Waals surface area contributed by atoms with Crippen molar-refractivity contribution in [1.82, 2.24) is 20.0 Å². The summed E-state index contributed by atoms with van der Waals surface area (Å²) in [6, 6.07) is 2.94. The number of carbonyl (C=O) groups excluding carboxylic acids is 1. The van der Waals surface area contributed by atoms with Gasteiger partial charge in [-0.15, -0.1) is 12.4 Å². The highest BCUT2D eigenvalue weighted by molar-refractivity contribution is 5.85. The molecule has 0 saturated heterocycles. The van der Waals surface area contributed by atoms with E-state index in [-0.39, 0.29) is 24.1 Å². The van der Waals surface area contributed by atoms with E-state index < -0.39 is 18.8 Å². The third-order valence-electron chi connectivity index (χ3n) is 4.29. The zero-order valence-electron chi connectivity index (χ0n) is 17.0. The molecule has 1 atom stereocenters. The number of ether oxygens (including phenoxy) is 1. The molecule has 2 aromatic rings. The number of aromatic nitrogens is 2. The molecule has 1 amide bonds. The van der Waals surface area contributed by atoms with Crippen LogP contribution in [0, 0.1) is 13.8 Å². The molecule has 0 spiro atoms. The molecule has 0 saturated carbocycles. The Balaban J connectivity index is 0.00000420. The zero-order chi connectivity index (χ0) is 21.1. The van der Waals surface area contributed by atoms with Gasteiger partial charge in [0.1, 0.15) is 11.8 Å². The normalized spacial score (nSPS) is 12.3. The molecular weight excluding hydrogens is 409 g/mol. The van der Waals surface area contributed by atoms with Crippen molar-refractivity contribution in [3.05, 3.63) is 46.8 Å². The summed E-state index contributed by atoms with van der Waals surface area (Å²) in [5, 5.41) is 7.08. The zero-order valence-corrected chi connectivity index (χ0v) is 17.8. The predicted molar refractivity (Wildman–Crippen MR) is 106 cm³/mol. The van der Waals surface area contributed by atoms with E-state index in [1.165, 1.54) is 0 Å². The summed E-state index contributed by atoms with van der Waals surface area (Å²) >= 11 is 0. The lowest BCUT2D eigenvalue weighted by Crippen LogP contribution is -2.37. The summed E-state index contributed by atoms with van der Waals surface area (Å²) < 4.78 is 43.8. The van der Waals surface area contributed by atoms with Crippen LogP contribution < -0.4 is 10.1 Å². The van der Waals surface area contributed by atoms with Crippen molar-refractivity contribution in [2.75, 3.05) is 20.7 Å². The Bertz CT molecular complexity index is 816. The van der Waals surface area contributed by atoms with Gasteiger partial charge in [-0.1, -0.05) is 12.1 Å². The van der Waals surface area contributed by atoms with Gasteiger partial charge < -0.3 is 15.0 Å². The fraction of sp³-hybridized carbons (Fsp3) is 0.474. The molecule has 1 aromatic carbocycles. The topological polar surface area (TPSA) is 59.4 Å². The minimum atomic E-state index is -4.39. The maximum absolute atomic E-state index is 12.8. The van der Waals surface area contributed by atoms with E-state index in [1.807, 2.05) is 0 Å². The Morgan fingerprint density at radius 3 is 2.34 bits per heavy atom. The Labute approximate surface area is 174 Å². The highest BCUT2D eigenvalue weighted by Gasteiger charge is 2.29. The maximum atomic E-state index is 12.8. The Morgan fingerprint density at radius 1 is 1.31 bits per heavy atom. The van der Waals surface area contributed by atoms with Crippen LogP contribution in [0.4, 0.5) is 13.2 Å². The first-order chi connectivity index (χ1) is 13.0. The number of halogens is 4. The molecule has 1 heterocycles. The SMILES string of the molecule is CNC(C(=O)N(C)Cc1cc(C)c(OCC(F)(F)F)c(C)c1)c1cnn(C)c1.Cl. The van der Waals surface area contributed by atoms with E-state index in [1.54, 1.807) is 69.1 Å². The number of alkyl halides is 3. The molecule has 10 heteroatoms. The first-order valence-electron chi connectivity index (χ1n) is 8.72. The molecular formula is C19H26ClF3N4O2. The first-order valence-corrected chi connectivity index (χ1v) is 8.72. The van der Waals surface area contributed by atoms with Crippen molar-refractivity contribution in [2.24, 2.45) is 7.05 Å². The summed E-state index contributed by atoms with van der Waals surface area (Å²) in [4.78, 5) is 14.4. The number of rotatable bonds is 7. The van der Waals surface area contributed by atoms with Gasteiger partial charge in [0.15, 0.2) is 6.61 Å². The largest absolute Gasteiger partial charge is 0.484 e. The fourth-order valence-corrected chi connectivity index (χ4v) is 3.11. The summed E-state index contributed by atoms with van der Waals surface area (Å²) in [5.41, 5.74) is 2.76. The lowest BCUT2D eigenvalue weighted by atomic mass is 10.0. The van der Waals surface area contributed by atoms with Gasteiger partial charge in [-0.3, -0.25) is 9.48 Å². The van der Waals surface area contributed by atoms with Gasteiger partial charge >= 0.3 is 6.18 Å². The average Bonchev–Trinajstić information content (AvgIpc) is 2.99. The number of hydrogen-bond donors (Lipinski definition) is 1. The van der Waals surface area contributed by atoms with Crippen LogP contribution in [0.1, 0.15) is 28.3 Å². The molecule has 0 radical (unpaired) electrons. The van der Waals surface area contributed by atoms with E-state index in [9.17, 15) is 18.0 Å².